The monoisotopic (exact) mass is 384 g/mol. The van der Waals surface area contributed by atoms with Crippen LogP contribution in [0.2, 0.25) is 0 Å². The second-order valence-electron chi connectivity index (χ2n) is 7.51. The molecule has 2 rings (SSSR count). The van der Waals surface area contributed by atoms with E-state index in [0.717, 1.165) is 29.6 Å². The van der Waals surface area contributed by atoms with Crippen molar-refractivity contribution in [3.8, 4) is 11.3 Å². The predicted octanol–water partition coefficient (Wildman–Crippen LogP) is 3.60. The van der Waals surface area contributed by atoms with Gasteiger partial charge in [0.2, 0.25) is 0 Å². The highest BCUT2D eigenvalue weighted by molar-refractivity contribution is 5.79. The predicted molar refractivity (Wildman–Crippen MR) is 118 cm³/mol. The summed E-state index contributed by atoms with van der Waals surface area (Å²) < 4.78 is 0. The molecule has 0 aliphatic rings. The number of H-pyrrole nitrogens is 1. The van der Waals surface area contributed by atoms with Gasteiger partial charge in [0.25, 0.3) is 0 Å². The van der Waals surface area contributed by atoms with E-state index in [-0.39, 0.29) is 0 Å². The molecule has 6 nitrogen and oxygen atoms in total. The molecule has 0 amide bonds. The van der Waals surface area contributed by atoms with Gasteiger partial charge in [0, 0.05) is 20.6 Å². The Labute approximate surface area is 170 Å². The second kappa shape index (κ2) is 12.2. The van der Waals surface area contributed by atoms with E-state index in [1.54, 1.807) is 0 Å². The zero-order valence-corrected chi connectivity index (χ0v) is 17.9. The van der Waals surface area contributed by atoms with E-state index in [1.165, 1.54) is 38.6 Å². The highest BCUT2D eigenvalue weighted by atomic mass is 15.3. The molecule has 2 N–H and O–H groups in total. The highest BCUT2D eigenvalue weighted by Crippen LogP contribution is 2.16. The lowest BCUT2D eigenvalue weighted by atomic mass is 10.1. The van der Waals surface area contributed by atoms with Crippen molar-refractivity contribution in [3.63, 3.8) is 0 Å². The lowest BCUT2D eigenvalue weighted by Crippen LogP contribution is -2.39. The second-order valence-corrected chi connectivity index (χ2v) is 7.51. The van der Waals surface area contributed by atoms with Gasteiger partial charge in [-0.05, 0) is 39.0 Å². The molecule has 0 unspecified atom stereocenters. The largest absolute Gasteiger partial charge is 0.356 e. The van der Waals surface area contributed by atoms with Gasteiger partial charge in [-0.25, -0.2) is 4.98 Å². The number of unbranched alkanes of at least 4 members (excludes halogenated alkanes) is 4. The Balaban J connectivity index is 1.69. The van der Waals surface area contributed by atoms with Crippen LogP contribution >= 0.6 is 0 Å². The van der Waals surface area contributed by atoms with E-state index in [4.69, 9.17) is 0 Å². The van der Waals surface area contributed by atoms with Crippen LogP contribution in [0.5, 0.6) is 0 Å². The van der Waals surface area contributed by atoms with Crippen LogP contribution in [0.25, 0.3) is 11.3 Å². The van der Waals surface area contributed by atoms with Crippen LogP contribution in [-0.2, 0) is 6.54 Å². The van der Waals surface area contributed by atoms with E-state index in [1.807, 2.05) is 38.5 Å². The number of hydrogen-bond acceptors (Lipinski definition) is 3. The summed E-state index contributed by atoms with van der Waals surface area (Å²) in [5, 5.41) is 3.46. The van der Waals surface area contributed by atoms with Gasteiger partial charge in [-0.15, -0.1) is 0 Å². The molecule has 1 heterocycles. The van der Waals surface area contributed by atoms with Crippen molar-refractivity contribution in [1.29, 1.82) is 0 Å². The normalized spacial score (nSPS) is 11.8. The van der Waals surface area contributed by atoms with Gasteiger partial charge in [0.1, 0.15) is 5.82 Å². The molecule has 0 radical (unpaired) electrons. The van der Waals surface area contributed by atoms with Gasteiger partial charge in [-0.3, -0.25) is 4.99 Å². The third kappa shape index (κ3) is 7.72. The Morgan fingerprint density at radius 3 is 2.46 bits per heavy atom. The SMILES string of the molecule is CN=C(NCCCCCCCN(C)C)N(C)Cc1ncc(-c2ccccc2)[nH]1. The standard InChI is InChI=1S/C22H36N6/c1-23-22(24-15-11-6-5-7-12-16-27(2)3)28(4)18-21-25-17-20(26-21)19-13-9-8-10-14-19/h8-10,13-14,17H,5-7,11-12,15-16,18H2,1-4H3,(H,23,24)(H,25,26). The molecule has 28 heavy (non-hydrogen) atoms. The summed E-state index contributed by atoms with van der Waals surface area (Å²) in [5.41, 5.74) is 2.19. The summed E-state index contributed by atoms with van der Waals surface area (Å²) in [7, 11) is 8.15. The van der Waals surface area contributed by atoms with Crippen LogP contribution in [0.1, 0.15) is 37.9 Å². The van der Waals surface area contributed by atoms with Gasteiger partial charge in [0.05, 0.1) is 18.4 Å². The molecule has 0 saturated heterocycles. The molecule has 0 spiro atoms. The molecule has 6 heteroatoms. The lowest BCUT2D eigenvalue weighted by Gasteiger charge is -2.21. The van der Waals surface area contributed by atoms with Gasteiger partial charge < -0.3 is 20.1 Å². The Morgan fingerprint density at radius 1 is 1.04 bits per heavy atom. The van der Waals surface area contributed by atoms with Crippen LogP contribution in [0, 0.1) is 0 Å². The summed E-state index contributed by atoms with van der Waals surface area (Å²) in [6.07, 6.45) is 8.24. The minimum Gasteiger partial charge on any atom is -0.356 e. The number of nitrogens with zero attached hydrogens (tertiary/aromatic N) is 4. The molecule has 0 aliphatic heterocycles. The molecule has 154 valence electrons. The minimum atomic E-state index is 0.692. The molecule has 2 aromatic rings. The molecule has 0 saturated carbocycles. The van der Waals surface area contributed by atoms with Crippen molar-refractivity contribution in [2.24, 2.45) is 4.99 Å². The minimum absolute atomic E-state index is 0.692. The smallest absolute Gasteiger partial charge is 0.193 e. The van der Waals surface area contributed by atoms with Crippen molar-refractivity contribution in [2.45, 2.75) is 38.6 Å². The first-order valence-corrected chi connectivity index (χ1v) is 10.3. The highest BCUT2D eigenvalue weighted by Gasteiger charge is 2.09. The number of aromatic amines is 1. The number of nitrogens with one attached hydrogen (secondary N) is 2. The molecular formula is C22H36N6. The topological polar surface area (TPSA) is 59.6 Å². The fraction of sp³-hybridized carbons (Fsp3) is 0.545. The first-order valence-electron chi connectivity index (χ1n) is 10.3. The zero-order valence-electron chi connectivity index (χ0n) is 17.9. The Morgan fingerprint density at radius 2 is 1.75 bits per heavy atom. The molecule has 0 fully saturated rings. The quantitative estimate of drug-likeness (QED) is 0.353. The maximum Gasteiger partial charge on any atom is 0.193 e. The van der Waals surface area contributed by atoms with Crippen LogP contribution in [0.15, 0.2) is 41.5 Å². The van der Waals surface area contributed by atoms with Crippen molar-refractivity contribution < 1.29 is 0 Å². The van der Waals surface area contributed by atoms with Gasteiger partial charge in [-0.1, -0.05) is 49.6 Å². The first kappa shape index (κ1) is 22.0. The van der Waals surface area contributed by atoms with E-state index >= 15 is 0 Å². The number of guanidine groups is 1. The van der Waals surface area contributed by atoms with Crippen molar-refractivity contribution in [3.05, 3.63) is 42.4 Å². The number of imidazole rings is 1. The summed E-state index contributed by atoms with van der Waals surface area (Å²) in [4.78, 5) is 16.7. The van der Waals surface area contributed by atoms with Crippen LogP contribution in [-0.4, -0.2) is 67.0 Å². The summed E-state index contributed by atoms with van der Waals surface area (Å²) >= 11 is 0. The molecular weight excluding hydrogens is 348 g/mol. The van der Waals surface area contributed by atoms with Crippen LogP contribution < -0.4 is 5.32 Å². The Bertz CT molecular complexity index is 692. The van der Waals surface area contributed by atoms with Crippen LogP contribution in [0.4, 0.5) is 0 Å². The van der Waals surface area contributed by atoms with Gasteiger partial charge in [-0.2, -0.15) is 0 Å². The summed E-state index contributed by atoms with van der Waals surface area (Å²) in [5.74, 6) is 1.84. The fourth-order valence-corrected chi connectivity index (χ4v) is 3.18. The third-order valence-corrected chi connectivity index (χ3v) is 4.74. The molecule has 1 aromatic heterocycles. The van der Waals surface area contributed by atoms with Crippen molar-refractivity contribution in [2.75, 3.05) is 41.3 Å². The van der Waals surface area contributed by atoms with E-state index in [9.17, 15) is 0 Å². The maximum atomic E-state index is 4.52. The fourth-order valence-electron chi connectivity index (χ4n) is 3.18. The number of benzene rings is 1. The molecule has 1 aromatic carbocycles. The van der Waals surface area contributed by atoms with Gasteiger partial charge in [0.15, 0.2) is 5.96 Å². The first-order chi connectivity index (χ1) is 13.6. The third-order valence-electron chi connectivity index (χ3n) is 4.74. The Hall–Kier alpha value is -2.34. The number of rotatable bonds is 11. The summed E-state index contributed by atoms with van der Waals surface area (Å²) in [6.45, 7) is 2.84. The van der Waals surface area contributed by atoms with Crippen LogP contribution in [0.3, 0.4) is 0 Å². The van der Waals surface area contributed by atoms with E-state index in [2.05, 4.69) is 56.3 Å². The Kier molecular flexibility index (Phi) is 9.55. The molecule has 0 aliphatic carbocycles. The number of aliphatic imine (C=N–C) groups is 1. The maximum absolute atomic E-state index is 4.52. The van der Waals surface area contributed by atoms with Gasteiger partial charge >= 0.3 is 0 Å². The van der Waals surface area contributed by atoms with Crippen molar-refractivity contribution >= 4 is 5.96 Å². The average Bonchev–Trinajstić information content (AvgIpc) is 3.15. The number of aromatic nitrogens is 2. The summed E-state index contributed by atoms with van der Waals surface area (Å²) in [6, 6.07) is 10.3. The molecule has 0 atom stereocenters. The average molecular weight is 385 g/mol. The lowest BCUT2D eigenvalue weighted by molar-refractivity contribution is 0.389. The van der Waals surface area contributed by atoms with E-state index < -0.39 is 0 Å². The van der Waals surface area contributed by atoms with E-state index in [0.29, 0.717) is 6.54 Å². The number of hydrogen-bond donors (Lipinski definition) is 2. The zero-order chi connectivity index (χ0) is 20.2. The van der Waals surface area contributed by atoms with Crippen molar-refractivity contribution in [1.82, 2.24) is 25.1 Å². The molecule has 0 bridgehead atoms.